The summed E-state index contributed by atoms with van der Waals surface area (Å²) >= 11 is 0. The molecule has 2 aromatic rings. The average molecular weight is 347 g/mol. The third-order valence-electron chi connectivity index (χ3n) is 3.79. The van der Waals surface area contributed by atoms with Crippen molar-refractivity contribution in [2.75, 3.05) is 7.05 Å². The number of nitrogens with zero attached hydrogens (tertiary/aromatic N) is 2. The number of nitriles is 1. The van der Waals surface area contributed by atoms with Gasteiger partial charge < -0.3 is 9.88 Å². The zero-order chi connectivity index (χ0) is 18.8. The van der Waals surface area contributed by atoms with Crippen LogP contribution in [0.25, 0.3) is 11.8 Å². The number of aryl methyl sites for hydroxylation is 1. The van der Waals surface area contributed by atoms with E-state index >= 15 is 0 Å². The quantitative estimate of drug-likeness (QED) is 0.679. The maximum absolute atomic E-state index is 12.9. The molecule has 1 aromatic carbocycles. The summed E-state index contributed by atoms with van der Waals surface area (Å²) in [5.41, 5.74) is 1.47. The summed E-state index contributed by atoms with van der Waals surface area (Å²) in [6, 6.07) is 8.53. The van der Waals surface area contributed by atoms with E-state index in [9.17, 15) is 18.0 Å². The number of nitrogens with one attached hydrogen (secondary N) is 1. The number of aromatic nitrogens is 1. The van der Waals surface area contributed by atoms with E-state index in [2.05, 4.69) is 5.32 Å². The molecule has 0 aliphatic carbocycles. The Kier molecular flexibility index (Phi) is 5.02. The zero-order valence-corrected chi connectivity index (χ0v) is 13.9. The second kappa shape index (κ2) is 6.85. The van der Waals surface area contributed by atoms with Crippen LogP contribution in [0, 0.1) is 25.2 Å². The lowest BCUT2D eigenvalue weighted by Crippen LogP contribution is -2.19. The third kappa shape index (κ3) is 3.74. The Labute approximate surface area is 143 Å². The van der Waals surface area contributed by atoms with Crippen LogP contribution in [0.3, 0.4) is 0 Å². The van der Waals surface area contributed by atoms with Gasteiger partial charge in [0.1, 0.15) is 11.6 Å². The number of amides is 1. The Morgan fingerprint density at radius 1 is 1.28 bits per heavy atom. The van der Waals surface area contributed by atoms with Gasteiger partial charge in [-0.25, -0.2) is 0 Å². The molecule has 1 aromatic heterocycles. The fourth-order valence-corrected chi connectivity index (χ4v) is 2.59. The fourth-order valence-electron chi connectivity index (χ4n) is 2.59. The smallest absolute Gasteiger partial charge is 0.354 e. The summed E-state index contributed by atoms with van der Waals surface area (Å²) < 4.78 is 40.5. The van der Waals surface area contributed by atoms with E-state index in [4.69, 9.17) is 5.26 Å². The highest BCUT2D eigenvalue weighted by molar-refractivity contribution is 6.01. The molecular formula is C18H16F3N3O. The van der Waals surface area contributed by atoms with Crippen molar-refractivity contribution in [2.24, 2.45) is 0 Å². The van der Waals surface area contributed by atoms with Crippen LogP contribution in [0.4, 0.5) is 13.2 Å². The monoisotopic (exact) mass is 347 g/mol. The summed E-state index contributed by atoms with van der Waals surface area (Å²) in [5, 5.41) is 11.5. The number of carbonyl (C=O) groups excluding carboxylic acids is 1. The van der Waals surface area contributed by atoms with Crippen LogP contribution in [0.5, 0.6) is 0 Å². The number of likely N-dealkylation sites (N-methyl/N-ethyl adjacent to an activating group) is 1. The van der Waals surface area contributed by atoms with Crippen molar-refractivity contribution in [2.45, 2.75) is 20.0 Å². The standard InChI is InChI=1S/C18H16F3N3O/c1-11-7-13(8-14(10-22)17(25)23-3)12(2)24(11)16-6-4-5-15(9-16)18(19,20)21/h4-9H,1-3H3,(H,23,25). The summed E-state index contributed by atoms with van der Waals surface area (Å²) in [5.74, 6) is -0.522. The van der Waals surface area contributed by atoms with Crippen LogP contribution in [0.2, 0.25) is 0 Å². The van der Waals surface area contributed by atoms with Crippen molar-refractivity contribution in [3.63, 3.8) is 0 Å². The molecule has 0 spiro atoms. The number of hydrogen-bond acceptors (Lipinski definition) is 2. The van der Waals surface area contributed by atoms with Crippen molar-refractivity contribution < 1.29 is 18.0 Å². The van der Waals surface area contributed by atoms with Gasteiger partial charge in [0.2, 0.25) is 0 Å². The molecule has 1 amide bonds. The molecule has 25 heavy (non-hydrogen) atoms. The lowest BCUT2D eigenvalue weighted by Gasteiger charge is -2.13. The van der Waals surface area contributed by atoms with Crippen molar-refractivity contribution in [1.29, 1.82) is 5.26 Å². The number of hydrogen-bond donors (Lipinski definition) is 1. The van der Waals surface area contributed by atoms with Crippen molar-refractivity contribution in [3.05, 3.63) is 58.4 Å². The van der Waals surface area contributed by atoms with E-state index in [0.717, 1.165) is 12.1 Å². The van der Waals surface area contributed by atoms with Gasteiger partial charge in [0.05, 0.1) is 5.56 Å². The Bertz CT molecular complexity index is 886. The Morgan fingerprint density at radius 3 is 2.52 bits per heavy atom. The number of halogens is 3. The Balaban J connectivity index is 2.57. The summed E-state index contributed by atoms with van der Waals surface area (Å²) in [7, 11) is 1.42. The molecule has 0 saturated carbocycles. The largest absolute Gasteiger partial charge is 0.416 e. The first-order valence-electron chi connectivity index (χ1n) is 7.39. The van der Waals surface area contributed by atoms with Crippen LogP contribution in [0.15, 0.2) is 35.9 Å². The highest BCUT2D eigenvalue weighted by Crippen LogP contribution is 2.31. The first-order valence-corrected chi connectivity index (χ1v) is 7.39. The second-order valence-electron chi connectivity index (χ2n) is 5.46. The molecular weight excluding hydrogens is 331 g/mol. The first-order chi connectivity index (χ1) is 11.7. The van der Waals surface area contributed by atoms with Crippen molar-refractivity contribution in [3.8, 4) is 11.8 Å². The number of alkyl halides is 3. The highest BCUT2D eigenvalue weighted by Gasteiger charge is 2.30. The number of carbonyl (C=O) groups is 1. The average Bonchev–Trinajstić information content (AvgIpc) is 2.85. The highest BCUT2D eigenvalue weighted by atomic mass is 19.4. The topological polar surface area (TPSA) is 57.8 Å². The molecule has 4 nitrogen and oxygen atoms in total. The first kappa shape index (κ1) is 18.3. The van der Waals surface area contributed by atoms with E-state index in [-0.39, 0.29) is 5.57 Å². The predicted molar refractivity (Wildman–Crippen MR) is 87.9 cm³/mol. The van der Waals surface area contributed by atoms with Crippen LogP contribution in [-0.4, -0.2) is 17.5 Å². The predicted octanol–water partition coefficient (Wildman–Crippen LogP) is 3.77. The van der Waals surface area contributed by atoms with Crippen molar-refractivity contribution in [1.82, 2.24) is 9.88 Å². The summed E-state index contributed by atoms with van der Waals surface area (Å²) in [6.45, 7) is 3.47. The number of rotatable bonds is 3. The minimum Gasteiger partial charge on any atom is -0.354 e. The molecule has 1 heterocycles. The molecule has 0 aliphatic heterocycles. The minimum atomic E-state index is -4.43. The van der Waals surface area contributed by atoms with Gasteiger partial charge >= 0.3 is 6.18 Å². The summed E-state index contributed by atoms with van der Waals surface area (Å²) in [6.07, 6.45) is -3.01. The summed E-state index contributed by atoms with van der Waals surface area (Å²) in [4.78, 5) is 11.6. The molecule has 0 unspecified atom stereocenters. The Hall–Kier alpha value is -3.01. The molecule has 0 bridgehead atoms. The molecule has 1 N–H and O–H groups in total. The van der Waals surface area contributed by atoms with E-state index in [0.29, 0.717) is 22.6 Å². The minimum absolute atomic E-state index is 0.0770. The SMILES string of the molecule is CNC(=O)C(C#N)=Cc1cc(C)n(-c2cccc(C(F)(F)F)c2)c1C. The third-order valence-corrected chi connectivity index (χ3v) is 3.79. The van der Waals surface area contributed by atoms with Gasteiger partial charge in [0, 0.05) is 24.1 Å². The maximum Gasteiger partial charge on any atom is 0.416 e. The molecule has 0 saturated heterocycles. The van der Waals surface area contributed by atoms with Crippen LogP contribution >= 0.6 is 0 Å². The molecule has 2 rings (SSSR count). The maximum atomic E-state index is 12.9. The van der Waals surface area contributed by atoms with Crippen LogP contribution in [0.1, 0.15) is 22.5 Å². The number of benzene rings is 1. The molecule has 130 valence electrons. The van der Waals surface area contributed by atoms with Gasteiger partial charge in [0.25, 0.3) is 5.91 Å². The van der Waals surface area contributed by atoms with Crippen molar-refractivity contribution >= 4 is 12.0 Å². The van der Waals surface area contributed by atoms with Gasteiger partial charge in [-0.15, -0.1) is 0 Å². The van der Waals surface area contributed by atoms with Gasteiger partial charge in [-0.05, 0) is 49.8 Å². The molecule has 0 radical (unpaired) electrons. The van der Waals surface area contributed by atoms with E-state index in [1.165, 1.54) is 19.2 Å². The lowest BCUT2D eigenvalue weighted by molar-refractivity contribution is -0.137. The van der Waals surface area contributed by atoms with Crippen LogP contribution < -0.4 is 5.32 Å². The molecule has 0 fully saturated rings. The fraction of sp³-hybridized carbons (Fsp3) is 0.222. The molecule has 0 atom stereocenters. The van der Waals surface area contributed by atoms with E-state index in [1.807, 2.05) is 6.07 Å². The molecule has 7 heteroatoms. The van der Waals surface area contributed by atoms with E-state index < -0.39 is 17.6 Å². The molecule has 0 aliphatic rings. The van der Waals surface area contributed by atoms with Crippen LogP contribution in [-0.2, 0) is 11.0 Å². The normalized spacial score (nSPS) is 12.0. The van der Waals surface area contributed by atoms with E-state index in [1.54, 1.807) is 30.5 Å². The lowest BCUT2D eigenvalue weighted by atomic mass is 10.1. The van der Waals surface area contributed by atoms with Gasteiger partial charge in [-0.2, -0.15) is 18.4 Å². The van der Waals surface area contributed by atoms with Gasteiger partial charge in [-0.3, -0.25) is 4.79 Å². The second-order valence-corrected chi connectivity index (χ2v) is 5.46. The van der Waals surface area contributed by atoms with Gasteiger partial charge in [0.15, 0.2) is 0 Å². The zero-order valence-electron chi connectivity index (χ0n) is 13.9. The van der Waals surface area contributed by atoms with Gasteiger partial charge in [-0.1, -0.05) is 6.07 Å². The Morgan fingerprint density at radius 2 is 1.96 bits per heavy atom.